The van der Waals surface area contributed by atoms with Crippen molar-refractivity contribution in [1.29, 1.82) is 0 Å². The summed E-state index contributed by atoms with van der Waals surface area (Å²) in [6.07, 6.45) is 1.51. The molecule has 1 amide bonds. The Hall–Kier alpha value is -2.58. The summed E-state index contributed by atoms with van der Waals surface area (Å²) in [5.74, 6) is -1.23. The van der Waals surface area contributed by atoms with Crippen LogP contribution in [0.25, 0.3) is 4.96 Å². The molecular formula is C15H12FN3O3S. The Balaban J connectivity index is 1.75. The summed E-state index contributed by atoms with van der Waals surface area (Å²) in [5, 5.41) is 14.1. The lowest BCUT2D eigenvalue weighted by Gasteiger charge is -2.12. The molecule has 0 fully saturated rings. The van der Waals surface area contributed by atoms with Gasteiger partial charge in [-0.1, -0.05) is 18.2 Å². The fourth-order valence-electron chi connectivity index (χ4n) is 2.12. The molecule has 6 nitrogen and oxygen atoms in total. The number of nitrogens with one attached hydrogen (secondary N) is 1. The van der Waals surface area contributed by atoms with Gasteiger partial charge in [-0.15, -0.1) is 11.3 Å². The molecule has 2 heterocycles. The molecule has 0 aliphatic heterocycles. The van der Waals surface area contributed by atoms with Gasteiger partial charge in [0.25, 0.3) is 11.5 Å². The molecule has 1 aromatic carbocycles. The SMILES string of the molecule is O=C(NCC(O)c1ccccc1F)c1cnc2sccn2c1=O. The molecule has 2 aromatic heterocycles. The molecule has 1 unspecified atom stereocenters. The van der Waals surface area contributed by atoms with E-state index < -0.39 is 23.4 Å². The van der Waals surface area contributed by atoms with E-state index in [9.17, 15) is 19.1 Å². The van der Waals surface area contributed by atoms with Crippen LogP contribution in [0.3, 0.4) is 0 Å². The van der Waals surface area contributed by atoms with E-state index in [0.29, 0.717) is 4.96 Å². The van der Waals surface area contributed by atoms with Gasteiger partial charge in [-0.3, -0.25) is 14.0 Å². The Kier molecular flexibility index (Phi) is 4.18. The van der Waals surface area contributed by atoms with Crippen LogP contribution in [0.2, 0.25) is 0 Å². The second kappa shape index (κ2) is 6.27. The quantitative estimate of drug-likeness (QED) is 0.755. The molecule has 1 atom stereocenters. The second-order valence-electron chi connectivity index (χ2n) is 4.78. The molecule has 0 saturated heterocycles. The summed E-state index contributed by atoms with van der Waals surface area (Å²) >= 11 is 1.28. The first-order chi connectivity index (χ1) is 11.1. The van der Waals surface area contributed by atoms with Crippen molar-refractivity contribution < 1.29 is 14.3 Å². The van der Waals surface area contributed by atoms with Crippen LogP contribution in [0.15, 0.2) is 46.8 Å². The van der Waals surface area contributed by atoms with Crippen molar-refractivity contribution in [3.05, 3.63) is 69.3 Å². The fraction of sp³-hybridized carbons (Fsp3) is 0.133. The Morgan fingerprint density at radius 3 is 3.00 bits per heavy atom. The highest BCUT2D eigenvalue weighted by Crippen LogP contribution is 2.15. The van der Waals surface area contributed by atoms with E-state index in [1.54, 1.807) is 11.4 Å². The first kappa shape index (κ1) is 15.3. The number of aromatic nitrogens is 2. The topological polar surface area (TPSA) is 83.7 Å². The van der Waals surface area contributed by atoms with Gasteiger partial charge in [-0.25, -0.2) is 9.37 Å². The molecular weight excluding hydrogens is 321 g/mol. The van der Waals surface area contributed by atoms with E-state index in [0.717, 1.165) is 0 Å². The molecule has 0 spiro atoms. The van der Waals surface area contributed by atoms with E-state index in [4.69, 9.17) is 0 Å². The number of carbonyl (C=O) groups excluding carboxylic acids is 1. The Morgan fingerprint density at radius 1 is 1.43 bits per heavy atom. The van der Waals surface area contributed by atoms with Crippen LogP contribution in [0, 0.1) is 5.82 Å². The molecule has 8 heteroatoms. The largest absolute Gasteiger partial charge is 0.386 e. The normalized spacial score (nSPS) is 12.3. The predicted molar refractivity (Wildman–Crippen MR) is 83.0 cm³/mol. The zero-order valence-corrected chi connectivity index (χ0v) is 12.6. The average molecular weight is 333 g/mol. The zero-order valence-electron chi connectivity index (χ0n) is 11.8. The van der Waals surface area contributed by atoms with Crippen molar-refractivity contribution >= 4 is 22.2 Å². The number of amides is 1. The summed E-state index contributed by atoms with van der Waals surface area (Å²) in [5.41, 5.74) is -0.549. The second-order valence-corrected chi connectivity index (χ2v) is 5.65. The van der Waals surface area contributed by atoms with Gasteiger partial charge in [0.15, 0.2) is 4.96 Å². The van der Waals surface area contributed by atoms with Gasteiger partial charge >= 0.3 is 0 Å². The van der Waals surface area contributed by atoms with Crippen LogP contribution in [0.5, 0.6) is 0 Å². The first-order valence-corrected chi connectivity index (χ1v) is 7.61. The summed E-state index contributed by atoms with van der Waals surface area (Å²) in [4.78, 5) is 28.7. The number of nitrogens with zero attached hydrogens (tertiary/aromatic N) is 2. The van der Waals surface area contributed by atoms with Crippen LogP contribution in [0.4, 0.5) is 4.39 Å². The highest BCUT2D eigenvalue weighted by atomic mass is 32.1. The summed E-state index contributed by atoms with van der Waals surface area (Å²) < 4.78 is 14.8. The lowest BCUT2D eigenvalue weighted by Crippen LogP contribution is -2.33. The summed E-state index contributed by atoms with van der Waals surface area (Å²) in [7, 11) is 0. The van der Waals surface area contributed by atoms with Gasteiger partial charge in [-0.2, -0.15) is 0 Å². The maximum absolute atomic E-state index is 13.6. The minimum atomic E-state index is -1.21. The van der Waals surface area contributed by atoms with E-state index in [1.807, 2.05) is 0 Å². The summed E-state index contributed by atoms with van der Waals surface area (Å²) in [6.45, 7) is -0.217. The maximum Gasteiger partial charge on any atom is 0.271 e. The molecule has 2 N–H and O–H groups in total. The van der Waals surface area contributed by atoms with Crippen molar-refractivity contribution in [3.8, 4) is 0 Å². The van der Waals surface area contributed by atoms with Gasteiger partial charge in [0, 0.05) is 29.9 Å². The number of fused-ring (bicyclic) bond motifs is 1. The van der Waals surface area contributed by atoms with Crippen LogP contribution in [-0.2, 0) is 0 Å². The molecule has 0 saturated carbocycles. The van der Waals surface area contributed by atoms with Crippen LogP contribution in [0.1, 0.15) is 22.0 Å². The average Bonchev–Trinajstić information content (AvgIpc) is 3.02. The molecule has 0 radical (unpaired) electrons. The minimum Gasteiger partial charge on any atom is -0.386 e. The molecule has 23 heavy (non-hydrogen) atoms. The van der Waals surface area contributed by atoms with E-state index >= 15 is 0 Å². The van der Waals surface area contributed by atoms with Crippen molar-refractivity contribution in [1.82, 2.24) is 14.7 Å². The number of benzene rings is 1. The molecule has 0 aliphatic rings. The van der Waals surface area contributed by atoms with Gasteiger partial charge < -0.3 is 10.4 Å². The molecule has 3 aromatic rings. The van der Waals surface area contributed by atoms with Crippen molar-refractivity contribution in [2.75, 3.05) is 6.54 Å². The number of aliphatic hydroxyl groups is 1. The van der Waals surface area contributed by atoms with Crippen LogP contribution >= 0.6 is 11.3 Å². The third-order valence-corrected chi connectivity index (χ3v) is 4.08. The molecule has 0 aliphatic carbocycles. The van der Waals surface area contributed by atoms with E-state index in [-0.39, 0.29) is 17.7 Å². The smallest absolute Gasteiger partial charge is 0.271 e. The van der Waals surface area contributed by atoms with Crippen molar-refractivity contribution in [2.45, 2.75) is 6.10 Å². The fourth-order valence-corrected chi connectivity index (χ4v) is 2.80. The van der Waals surface area contributed by atoms with Crippen LogP contribution in [-0.4, -0.2) is 26.9 Å². The number of carbonyl (C=O) groups is 1. The highest BCUT2D eigenvalue weighted by Gasteiger charge is 2.17. The van der Waals surface area contributed by atoms with Crippen LogP contribution < -0.4 is 10.9 Å². The lowest BCUT2D eigenvalue weighted by atomic mass is 10.1. The van der Waals surface area contributed by atoms with E-state index in [1.165, 1.54) is 46.3 Å². The maximum atomic E-state index is 13.6. The zero-order chi connectivity index (χ0) is 16.4. The molecule has 3 rings (SSSR count). The number of hydrogen-bond acceptors (Lipinski definition) is 5. The Bertz CT molecular complexity index is 921. The molecule has 118 valence electrons. The van der Waals surface area contributed by atoms with Gasteiger partial charge in [0.05, 0.1) is 6.10 Å². The van der Waals surface area contributed by atoms with Crippen molar-refractivity contribution in [2.24, 2.45) is 0 Å². The van der Waals surface area contributed by atoms with E-state index in [2.05, 4.69) is 10.3 Å². The Labute approximate surface area is 133 Å². The monoisotopic (exact) mass is 333 g/mol. The van der Waals surface area contributed by atoms with Gasteiger partial charge in [0.1, 0.15) is 11.4 Å². The number of halogens is 1. The minimum absolute atomic E-state index is 0.0796. The number of aliphatic hydroxyl groups excluding tert-OH is 1. The number of thiazole rings is 1. The molecule has 0 bridgehead atoms. The summed E-state index contributed by atoms with van der Waals surface area (Å²) in [6, 6.07) is 5.75. The van der Waals surface area contributed by atoms with Gasteiger partial charge in [-0.05, 0) is 6.07 Å². The Morgan fingerprint density at radius 2 is 2.22 bits per heavy atom. The standard InChI is InChI=1S/C15H12FN3O3S/c16-11-4-2-1-3-9(11)12(20)8-17-13(21)10-7-18-15-19(14(10)22)5-6-23-15/h1-7,12,20H,8H2,(H,17,21). The highest BCUT2D eigenvalue weighted by molar-refractivity contribution is 7.15. The number of rotatable bonds is 4. The predicted octanol–water partition coefficient (Wildman–Crippen LogP) is 1.36. The third kappa shape index (κ3) is 2.99. The third-order valence-electron chi connectivity index (χ3n) is 3.31. The first-order valence-electron chi connectivity index (χ1n) is 6.73. The van der Waals surface area contributed by atoms with Gasteiger partial charge in [0.2, 0.25) is 0 Å². The number of hydrogen-bond donors (Lipinski definition) is 2. The lowest BCUT2D eigenvalue weighted by molar-refractivity contribution is 0.0912. The van der Waals surface area contributed by atoms with Crippen molar-refractivity contribution in [3.63, 3.8) is 0 Å².